The molecule has 0 aliphatic heterocycles. The largest absolute Gasteiger partial charge is 0.394 e. The lowest BCUT2D eigenvalue weighted by atomic mass is 10.1. The summed E-state index contributed by atoms with van der Waals surface area (Å²) in [6.07, 6.45) is 30.0. The molecule has 0 saturated heterocycles. The number of allylic oxidation sites excluding steroid dienone is 4. The van der Waals surface area contributed by atoms with Crippen LogP contribution in [0.4, 0.5) is 0 Å². The number of aliphatic hydroxyl groups excluding tert-OH is 3. The van der Waals surface area contributed by atoms with E-state index in [0.29, 0.717) is 0 Å². The molecule has 0 bridgehead atoms. The maximum atomic E-state index is 12.2. The van der Waals surface area contributed by atoms with Crippen molar-refractivity contribution < 1.29 is 20.1 Å². The highest BCUT2D eigenvalue weighted by atomic mass is 16.3. The van der Waals surface area contributed by atoms with Crippen molar-refractivity contribution in [3.05, 3.63) is 36.5 Å². The Bertz CT molecular complexity index is 573. The molecule has 5 nitrogen and oxygen atoms in total. The van der Waals surface area contributed by atoms with Crippen molar-refractivity contribution in [2.45, 2.75) is 148 Å². The quantitative estimate of drug-likeness (QED) is 0.0798. The Hall–Kier alpha value is -1.43. The minimum atomic E-state index is -0.947. The average molecular weight is 508 g/mol. The molecule has 36 heavy (non-hydrogen) atoms. The number of unbranched alkanes of at least 4 members (excludes halogenated alkanes) is 14. The molecule has 3 unspecified atom stereocenters. The number of aliphatic hydroxyl groups is 3. The van der Waals surface area contributed by atoms with Gasteiger partial charge in [-0.05, 0) is 32.1 Å². The van der Waals surface area contributed by atoms with Crippen LogP contribution in [0.2, 0.25) is 0 Å². The molecule has 3 atom stereocenters. The first-order valence-corrected chi connectivity index (χ1v) is 14.8. The first-order chi connectivity index (χ1) is 17.5. The third-order valence-corrected chi connectivity index (χ3v) is 6.43. The van der Waals surface area contributed by atoms with Crippen LogP contribution in [0.25, 0.3) is 0 Å². The molecule has 4 N–H and O–H groups in total. The Kier molecular flexibility index (Phi) is 25.6. The Morgan fingerprint density at radius 1 is 0.694 bits per heavy atom. The SMILES string of the molecule is CCCCCCCC/C=C\C/C=C\C(O)CC(=O)NC(CO)C(O)/C=C/CCCCCCCCCC. The highest BCUT2D eigenvalue weighted by Gasteiger charge is 2.19. The van der Waals surface area contributed by atoms with Crippen molar-refractivity contribution in [1.82, 2.24) is 5.32 Å². The predicted octanol–water partition coefficient (Wildman–Crippen LogP) is 6.92. The van der Waals surface area contributed by atoms with Gasteiger partial charge in [0.1, 0.15) is 0 Å². The fourth-order valence-electron chi connectivity index (χ4n) is 4.10. The molecule has 0 aromatic heterocycles. The summed E-state index contributed by atoms with van der Waals surface area (Å²) in [5.74, 6) is -0.389. The molecule has 0 heterocycles. The summed E-state index contributed by atoms with van der Waals surface area (Å²) in [4.78, 5) is 12.2. The van der Waals surface area contributed by atoms with Crippen LogP contribution in [0.15, 0.2) is 36.5 Å². The summed E-state index contributed by atoms with van der Waals surface area (Å²) in [7, 11) is 0. The van der Waals surface area contributed by atoms with Crippen molar-refractivity contribution in [3.8, 4) is 0 Å². The molecule has 0 fully saturated rings. The zero-order valence-electron chi connectivity index (χ0n) is 23.4. The fraction of sp³-hybridized carbons (Fsp3) is 0.774. The summed E-state index contributed by atoms with van der Waals surface area (Å²) in [6, 6.07) is -0.770. The lowest BCUT2D eigenvalue weighted by Crippen LogP contribution is -2.45. The van der Waals surface area contributed by atoms with E-state index in [1.54, 1.807) is 12.2 Å². The Morgan fingerprint density at radius 2 is 1.22 bits per heavy atom. The van der Waals surface area contributed by atoms with Crippen LogP contribution in [0.5, 0.6) is 0 Å². The van der Waals surface area contributed by atoms with Gasteiger partial charge in [0.05, 0.1) is 31.3 Å². The van der Waals surface area contributed by atoms with Crippen LogP contribution in [-0.2, 0) is 4.79 Å². The van der Waals surface area contributed by atoms with Crippen LogP contribution < -0.4 is 5.32 Å². The van der Waals surface area contributed by atoms with Gasteiger partial charge in [0.25, 0.3) is 0 Å². The van der Waals surface area contributed by atoms with Crippen molar-refractivity contribution in [2.24, 2.45) is 0 Å². The number of hydrogen-bond acceptors (Lipinski definition) is 4. The van der Waals surface area contributed by atoms with Gasteiger partial charge in [-0.15, -0.1) is 0 Å². The highest BCUT2D eigenvalue weighted by Crippen LogP contribution is 2.10. The van der Waals surface area contributed by atoms with Gasteiger partial charge in [-0.3, -0.25) is 4.79 Å². The second-order valence-electron chi connectivity index (χ2n) is 10.0. The average Bonchev–Trinajstić information content (AvgIpc) is 2.86. The maximum Gasteiger partial charge on any atom is 0.223 e. The molecular weight excluding hydrogens is 450 g/mol. The van der Waals surface area contributed by atoms with Crippen LogP contribution in [0, 0.1) is 0 Å². The van der Waals surface area contributed by atoms with E-state index in [9.17, 15) is 20.1 Å². The highest BCUT2D eigenvalue weighted by molar-refractivity contribution is 5.77. The first kappa shape index (κ1) is 34.6. The van der Waals surface area contributed by atoms with E-state index in [1.807, 2.05) is 12.2 Å². The minimum absolute atomic E-state index is 0.0941. The Labute approximate surface area is 222 Å². The zero-order chi connectivity index (χ0) is 26.7. The van der Waals surface area contributed by atoms with Gasteiger partial charge in [0.15, 0.2) is 0 Å². The number of hydrogen-bond donors (Lipinski definition) is 4. The molecular formula is C31H57NO4. The molecule has 0 radical (unpaired) electrons. The van der Waals surface area contributed by atoms with Crippen molar-refractivity contribution in [3.63, 3.8) is 0 Å². The molecule has 5 heteroatoms. The van der Waals surface area contributed by atoms with Gasteiger partial charge in [-0.1, -0.05) is 127 Å². The summed E-state index contributed by atoms with van der Waals surface area (Å²) < 4.78 is 0. The lowest BCUT2D eigenvalue weighted by Gasteiger charge is -2.20. The summed E-state index contributed by atoms with van der Waals surface area (Å²) in [5.41, 5.74) is 0. The van der Waals surface area contributed by atoms with Gasteiger partial charge in [0.2, 0.25) is 5.91 Å². The van der Waals surface area contributed by atoms with E-state index in [1.165, 1.54) is 83.5 Å². The summed E-state index contributed by atoms with van der Waals surface area (Å²) >= 11 is 0. The predicted molar refractivity (Wildman–Crippen MR) is 153 cm³/mol. The fourth-order valence-corrected chi connectivity index (χ4v) is 4.10. The Morgan fingerprint density at radius 3 is 1.78 bits per heavy atom. The van der Waals surface area contributed by atoms with E-state index in [-0.39, 0.29) is 18.9 Å². The van der Waals surface area contributed by atoms with Crippen molar-refractivity contribution in [1.29, 1.82) is 0 Å². The van der Waals surface area contributed by atoms with E-state index in [4.69, 9.17) is 0 Å². The standard InChI is InChI=1S/C31H57NO4/c1-3-5-7-9-11-13-15-16-18-20-22-24-28(34)26-31(36)32-29(27-33)30(35)25-23-21-19-17-14-12-10-8-6-4-2/h16,18,22-25,28-30,33-35H,3-15,17,19-21,26-27H2,1-2H3,(H,32,36)/b18-16-,24-22-,25-23+. The molecule has 0 aliphatic carbocycles. The van der Waals surface area contributed by atoms with Crippen molar-refractivity contribution >= 4 is 5.91 Å². The molecule has 0 aromatic rings. The third kappa shape index (κ3) is 23.0. The summed E-state index contributed by atoms with van der Waals surface area (Å²) in [5, 5.41) is 32.6. The van der Waals surface area contributed by atoms with E-state index >= 15 is 0 Å². The molecule has 0 aliphatic rings. The van der Waals surface area contributed by atoms with Gasteiger partial charge in [-0.25, -0.2) is 0 Å². The molecule has 1 amide bonds. The molecule has 0 spiro atoms. The van der Waals surface area contributed by atoms with Crippen LogP contribution in [0.3, 0.4) is 0 Å². The number of carbonyl (C=O) groups is 1. The van der Waals surface area contributed by atoms with Gasteiger partial charge >= 0.3 is 0 Å². The molecule has 0 aromatic carbocycles. The molecule has 0 saturated carbocycles. The molecule has 0 rings (SSSR count). The van der Waals surface area contributed by atoms with Crippen LogP contribution >= 0.6 is 0 Å². The van der Waals surface area contributed by atoms with E-state index < -0.39 is 18.2 Å². The molecule has 210 valence electrons. The smallest absolute Gasteiger partial charge is 0.223 e. The monoisotopic (exact) mass is 507 g/mol. The zero-order valence-corrected chi connectivity index (χ0v) is 23.4. The maximum absolute atomic E-state index is 12.2. The van der Waals surface area contributed by atoms with E-state index in [2.05, 4.69) is 31.3 Å². The third-order valence-electron chi connectivity index (χ3n) is 6.43. The second-order valence-corrected chi connectivity index (χ2v) is 10.0. The topological polar surface area (TPSA) is 89.8 Å². The van der Waals surface area contributed by atoms with Gasteiger partial charge in [-0.2, -0.15) is 0 Å². The van der Waals surface area contributed by atoms with E-state index in [0.717, 1.165) is 25.7 Å². The lowest BCUT2D eigenvalue weighted by molar-refractivity contribution is -0.124. The second kappa shape index (κ2) is 26.6. The summed E-state index contributed by atoms with van der Waals surface area (Å²) in [6.45, 7) is 4.10. The van der Waals surface area contributed by atoms with Gasteiger partial charge < -0.3 is 20.6 Å². The normalized spacial score (nSPS) is 14.7. The van der Waals surface area contributed by atoms with Gasteiger partial charge in [0, 0.05) is 0 Å². The van der Waals surface area contributed by atoms with Crippen LogP contribution in [-0.4, -0.2) is 46.1 Å². The Balaban J connectivity index is 3.98. The first-order valence-electron chi connectivity index (χ1n) is 14.8. The number of nitrogens with one attached hydrogen (secondary N) is 1. The number of rotatable bonds is 25. The minimum Gasteiger partial charge on any atom is -0.394 e. The number of carbonyl (C=O) groups excluding carboxylic acids is 1. The van der Waals surface area contributed by atoms with Crippen LogP contribution in [0.1, 0.15) is 129 Å². The number of amides is 1. The van der Waals surface area contributed by atoms with Crippen molar-refractivity contribution in [2.75, 3.05) is 6.61 Å².